The second-order valence-electron chi connectivity index (χ2n) is 3.41. The number of rotatable bonds is 5. The summed E-state index contributed by atoms with van der Waals surface area (Å²) >= 11 is 0. The zero-order valence-electron chi connectivity index (χ0n) is 8.83. The van der Waals surface area contributed by atoms with Crippen molar-refractivity contribution in [1.82, 2.24) is 10.2 Å². The summed E-state index contributed by atoms with van der Waals surface area (Å²) < 4.78 is 0. The predicted octanol–water partition coefficient (Wildman–Crippen LogP) is 1.91. The molecule has 0 aliphatic carbocycles. The van der Waals surface area contributed by atoms with Crippen molar-refractivity contribution in [3.05, 3.63) is 12.1 Å². The summed E-state index contributed by atoms with van der Waals surface area (Å²) in [7, 11) is 0. The van der Waals surface area contributed by atoms with Gasteiger partial charge in [-0.05, 0) is 18.1 Å². The largest absolute Gasteiger partial charge is 0.382 e. The Morgan fingerprint density at radius 1 is 1.29 bits per heavy atom. The maximum absolute atomic E-state index is 5.43. The number of nitrogens with zero attached hydrogens (tertiary/aromatic N) is 2. The Kier molecular flexibility index (Phi) is 4.16. The van der Waals surface area contributed by atoms with E-state index in [4.69, 9.17) is 5.73 Å². The number of aromatic nitrogens is 2. The number of nitrogens with one attached hydrogen (secondary N) is 1. The highest BCUT2D eigenvalue weighted by Crippen LogP contribution is 2.09. The zero-order valence-corrected chi connectivity index (χ0v) is 8.83. The van der Waals surface area contributed by atoms with Gasteiger partial charge in [-0.1, -0.05) is 26.7 Å². The SMILES string of the molecule is CCC(CC)CNc1ccc(N)nn1. The molecule has 1 aromatic rings. The van der Waals surface area contributed by atoms with Crippen LogP contribution in [0.4, 0.5) is 11.6 Å². The van der Waals surface area contributed by atoms with Crippen LogP contribution in [0.5, 0.6) is 0 Å². The number of hydrogen-bond donors (Lipinski definition) is 2. The molecule has 0 aromatic carbocycles. The highest BCUT2D eigenvalue weighted by molar-refractivity contribution is 5.38. The Hall–Kier alpha value is -1.32. The summed E-state index contributed by atoms with van der Waals surface area (Å²) in [5.74, 6) is 1.96. The monoisotopic (exact) mass is 194 g/mol. The van der Waals surface area contributed by atoms with Crippen molar-refractivity contribution < 1.29 is 0 Å². The molecule has 0 bridgehead atoms. The summed E-state index contributed by atoms with van der Waals surface area (Å²) in [5.41, 5.74) is 5.43. The molecule has 1 aromatic heterocycles. The van der Waals surface area contributed by atoms with E-state index in [2.05, 4.69) is 29.4 Å². The number of hydrogen-bond acceptors (Lipinski definition) is 4. The van der Waals surface area contributed by atoms with Crippen LogP contribution in [0.25, 0.3) is 0 Å². The summed E-state index contributed by atoms with van der Waals surface area (Å²) in [6, 6.07) is 3.60. The standard InChI is InChI=1S/C10H18N4/c1-3-8(4-2)7-12-10-6-5-9(11)13-14-10/h5-6,8H,3-4,7H2,1-2H3,(H2,11,13)(H,12,14). The van der Waals surface area contributed by atoms with Crippen molar-refractivity contribution in [1.29, 1.82) is 0 Å². The van der Waals surface area contributed by atoms with Crippen molar-refractivity contribution in [3.8, 4) is 0 Å². The van der Waals surface area contributed by atoms with Gasteiger partial charge in [-0.15, -0.1) is 10.2 Å². The van der Waals surface area contributed by atoms with E-state index >= 15 is 0 Å². The molecule has 1 heterocycles. The fraction of sp³-hybridized carbons (Fsp3) is 0.600. The first-order valence-electron chi connectivity index (χ1n) is 5.09. The van der Waals surface area contributed by atoms with Crippen LogP contribution in [0, 0.1) is 5.92 Å². The molecule has 0 atom stereocenters. The van der Waals surface area contributed by atoms with Crippen LogP contribution in [-0.4, -0.2) is 16.7 Å². The molecule has 0 radical (unpaired) electrons. The van der Waals surface area contributed by atoms with Gasteiger partial charge in [0.15, 0.2) is 0 Å². The third kappa shape index (κ3) is 3.20. The Bertz CT molecular complexity index is 253. The summed E-state index contributed by atoms with van der Waals surface area (Å²) in [6.45, 7) is 5.35. The Balaban J connectivity index is 2.41. The van der Waals surface area contributed by atoms with Crippen LogP contribution in [0.1, 0.15) is 26.7 Å². The number of nitrogen functional groups attached to an aromatic ring is 1. The van der Waals surface area contributed by atoms with Crippen molar-refractivity contribution in [3.63, 3.8) is 0 Å². The van der Waals surface area contributed by atoms with Crippen LogP contribution in [0.15, 0.2) is 12.1 Å². The van der Waals surface area contributed by atoms with E-state index in [0.717, 1.165) is 12.4 Å². The highest BCUT2D eigenvalue weighted by Gasteiger charge is 2.03. The van der Waals surface area contributed by atoms with Gasteiger partial charge in [-0.2, -0.15) is 0 Å². The first-order valence-corrected chi connectivity index (χ1v) is 5.09. The minimum Gasteiger partial charge on any atom is -0.382 e. The smallest absolute Gasteiger partial charge is 0.148 e. The lowest BCUT2D eigenvalue weighted by Crippen LogP contribution is -2.13. The lowest BCUT2D eigenvalue weighted by Gasteiger charge is -2.12. The van der Waals surface area contributed by atoms with Crippen LogP contribution >= 0.6 is 0 Å². The molecule has 78 valence electrons. The summed E-state index contributed by atoms with van der Waals surface area (Å²) in [4.78, 5) is 0. The van der Waals surface area contributed by atoms with E-state index in [0.29, 0.717) is 11.7 Å². The lowest BCUT2D eigenvalue weighted by molar-refractivity contribution is 0.518. The first kappa shape index (κ1) is 10.8. The van der Waals surface area contributed by atoms with Crippen molar-refractivity contribution in [2.45, 2.75) is 26.7 Å². The minimum atomic E-state index is 0.457. The normalized spacial score (nSPS) is 10.5. The fourth-order valence-electron chi connectivity index (χ4n) is 1.26. The zero-order chi connectivity index (χ0) is 10.4. The highest BCUT2D eigenvalue weighted by atomic mass is 15.2. The fourth-order valence-corrected chi connectivity index (χ4v) is 1.26. The topological polar surface area (TPSA) is 63.8 Å². The molecule has 3 N–H and O–H groups in total. The van der Waals surface area contributed by atoms with Crippen molar-refractivity contribution in [2.75, 3.05) is 17.6 Å². The Labute approximate surface area is 84.9 Å². The summed E-state index contributed by atoms with van der Waals surface area (Å²) in [5, 5.41) is 11.0. The lowest BCUT2D eigenvalue weighted by atomic mass is 10.0. The van der Waals surface area contributed by atoms with Gasteiger partial charge < -0.3 is 11.1 Å². The van der Waals surface area contributed by atoms with E-state index in [-0.39, 0.29) is 0 Å². The second-order valence-corrected chi connectivity index (χ2v) is 3.41. The third-order valence-corrected chi connectivity index (χ3v) is 2.41. The maximum atomic E-state index is 5.43. The van der Waals surface area contributed by atoms with Gasteiger partial charge in [-0.3, -0.25) is 0 Å². The molecule has 14 heavy (non-hydrogen) atoms. The molecule has 0 aliphatic rings. The second kappa shape index (κ2) is 5.42. The van der Waals surface area contributed by atoms with Gasteiger partial charge in [0.05, 0.1) is 0 Å². The molecule has 0 aliphatic heterocycles. The van der Waals surface area contributed by atoms with Gasteiger partial charge in [-0.25, -0.2) is 0 Å². The van der Waals surface area contributed by atoms with Crippen molar-refractivity contribution >= 4 is 11.6 Å². The molecule has 0 saturated heterocycles. The molecule has 0 spiro atoms. The molecule has 4 heteroatoms. The molecule has 0 unspecified atom stereocenters. The van der Waals surface area contributed by atoms with Gasteiger partial charge >= 0.3 is 0 Å². The van der Waals surface area contributed by atoms with E-state index in [1.807, 2.05) is 6.07 Å². The maximum Gasteiger partial charge on any atom is 0.148 e. The van der Waals surface area contributed by atoms with Crippen LogP contribution in [-0.2, 0) is 0 Å². The molecule has 4 nitrogen and oxygen atoms in total. The molecular weight excluding hydrogens is 176 g/mol. The number of nitrogens with two attached hydrogens (primary N) is 1. The Morgan fingerprint density at radius 2 is 2.00 bits per heavy atom. The predicted molar refractivity (Wildman–Crippen MR) is 59.0 cm³/mol. The molecule has 1 rings (SSSR count). The van der Waals surface area contributed by atoms with E-state index < -0.39 is 0 Å². The quantitative estimate of drug-likeness (QED) is 0.751. The van der Waals surface area contributed by atoms with Crippen LogP contribution in [0.3, 0.4) is 0 Å². The van der Waals surface area contributed by atoms with E-state index in [9.17, 15) is 0 Å². The van der Waals surface area contributed by atoms with Gasteiger partial charge in [0.25, 0.3) is 0 Å². The van der Waals surface area contributed by atoms with Crippen molar-refractivity contribution in [2.24, 2.45) is 5.92 Å². The average Bonchev–Trinajstić information content (AvgIpc) is 2.22. The third-order valence-electron chi connectivity index (χ3n) is 2.41. The first-order chi connectivity index (χ1) is 6.76. The van der Waals surface area contributed by atoms with Gasteiger partial charge in [0, 0.05) is 6.54 Å². The average molecular weight is 194 g/mol. The summed E-state index contributed by atoms with van der Waals surface area (Å²) in [6.07, 6.45) is 2.37. The van der Waals surface area contributed by atoms with Gasteiger partial charge in [0.2, 0.25) is 0 Å². The molecule has 0 fully saturated rings. The number of anilines is 2. The van der Waals surface area contributed by atoms with Crippen LogP contribution in [0.2, 0.25) is 0 Å². The van der Waals surface area contributed by atoms with Crippen LogP contribution < -0.4 is 11.1 Å². The minimum absolute atomic E-state index is 0.457. The van der Waals surface area contributed by atoms with E-state index in [1.54, 1.807) is 6.07 Å². The molecule has 0 saturated carbocycles. The Morgan fingerprint density at radius 3 is 2.50 bits per heavy atom. The van der Waals surface area contributed by atoms with Gasteiger partial charge in [0.1, 0.15) is 11.6 Å². The van der Waals surface area contributed by atoms with E-state index in [1.165, 1.54) is 12.8 Å². The molecular formula is C10H18N4. The molecule has 0 amide bonds.